The van der Waals surface area contributed by atoms with Crippen molar-refractivity contribution in [2.75, 3.05) is 0 Å². The van der Waals surface area contributed by atoms with Gasteiger partial charge in [0.15, 0.2) is 0 Å². The molecule has 0 N–H and O–H groups in total. The summed E-state index contributed by atoms with van der Waals surface area (Å²) in [6, 6.07) is 2.16. The lowest BCUT2D eigenvalue weighted by Crippen LogP contribution is -1.80. The molecule has 1 nitrogen and oxygen atoms in total. The Labute approximate surface area is 108 Å². The molecule has 0 aromatic heterocycles. The van der Waals surface area contributed by atoms with E-state index in [1.54, 1.807) is 0 Å². The van der Waals surface area contributed by atoms with E-state index in [4.69, 9.17) is 5.26 Å². The number of unbranched alkanes of at least 4 members (excludes halogenated alkanes) is 10. The Morgan fingerprint density at radius 2 is 1.29 bits per heavy atom. The average Bonchev–Trinajstić information content (AvgIpc) is 2.35. The van der Waals surface area contributed by atoms with Crippen molar-refractivity contribution in [3.05, 3.63) is 12.2 Å². The fourth-order valence-electron chi connectivity index (χ4n) is 1.96. The molecule has 0 bridgehead atoms. The van der Waals surface area contributed by atoms with Gasteiger partial charge in [-0.3, -0.25) is 0 Å². The van der Waals surface area contributed by atoms with Gasteiger partial charge >= 0.3 is 0 Å². The molecule has 0 aliphatic carbocycles. The highest BCUT2D eigenvalue weighted by Crippen LogP contribution is 2.10. The summed E-state index contributed by atoms with van der Waals surface area (Å²) in [4.78, 5) is 0. The summed E-state index contributed by atoms with van der Waals surface area (Å²) in [5.74, 6) is 0. The maximum absolute atomic E-state index is 8.36. The van der Waals surface area contributed by atoms with Crippen molar-refractivity contribution in [1.82, 2.24) is 0 Å². The van der Waals surface area contributed by atoms with Crippen molar-refractivity contribution in [2.45, 2.75) is 84.0 Å². The van der Waals surface area contributed by atoms with E-state index in [9.17, 15) is 0 Å². The Hall–Kier alpha value is -0.770. The van der Waals surface area contributed by atoms with Crippen molar-refractivity contribution in [2.24, 2.45) is 0 Å². The van der Waals surface area contributed by atoms with Gasteiger partial charge in [0.25, 0.3) is 0 Å². The van der Waals surface area contributed by atoms with Gasteiger partial charge in [-0.1, -0.05) is 70.4 Å². The topological polar surface area (TPSA) is 23.8 Å². The molecular weight excluding hydrogens is 206 g/mol. The van der Waals surface area contributed by atoms with Crippen molar-refractivity contribution in [1.29, 1.82) is 5.26 Å². The predicted molar refractivity (Wildman–Crippen MR) is 75.8 cm³/mol. The van der Waals surface area contributed by atoms with Crippen LogP contribution in [-0.4, -0.2) is 0 Å². The van der Waals surface area contributed by atoms with Crippen LogP contribution >= 0.6 is 0 Å². The van der Waals surface area contributed by atoms with Crippen molar-refractivity contribution in [3.63, 3.8) is 0 Å². The van der Waals surface area contributed by atoms with Gasteiger partial charge in [-0.2, -0.15) is 5.26 Å². The zero-order chi connectivity index (χ0) is 12.6. The van der Waals surface area contributed by atoms with Crippen LogP contribution in [0.5, 0.6) is 0 Å². The Morgan fingerprint density at radius 3 is 1.88 bits per heavy atom. The molecule has 0 spiro atoms. The van der Waals surface area contributed by atoms with E-state index in [0.29, 0.717) is 6.42 Å². The largest absolute Gasteiger partial charge is 0.198 e. The van der Waals surface area contributed by atoms with Gasteiger partial charge in [0, 0.05) is 6.42 Å². The van der Waals surface area contributed by atoms with Gasteiger partial charge in [-0.25, -0.2) is 0 Å². The number of hydrogen-bond acceptors (Lipinski definition) is 1. The second kappa shape index (κ2) is 15.2. The Morgan fingerprint density at radius 1 is 0.765 bits per heavy atom. The first-order chi connectivity index (χ1) is 8.41. The number of allylic oxidation sites excluding steroid dienone is 2. The molecule has 0 amide bonds. The summed E-state index contributed by atoms with van der Waals surface area (Å²) in [6.07, 6.45) is 19.7. The summed E-state index contributed by atoms with van der Waals surface area (Å²) < 4.78 is 0. The van der Waals surface area contributed by atoms with Gasteiger partial charge in [-0.15, -0.1) is 0 Å². The van der Waals surface area contributed by atoms with Crippen LogP contribution in [0.25, 0.3) is 0 Å². The minimum atomic E-state index is 0.661. The molecule has 0 radical (unpaired) electrons. The number of hydrogen-bond donors (Lipinski definition) is 0. The molecule has 17 heavy (non-hydrogen) atoms. The minimum Gasteiger partial charge on any atom is -0.198 e. The van der Waals surface area contributed by atoms with Crippen LogP contribution in [0.2, 0.25) is 0 Å². The lowest BCUT2D eigenvalue weighted by Gasteiger charge is -2.00. The van der Waals surface area contributed by atoms with Crippen LogP contribution in [0.4, 0.5) is 0 Å². The molecule has 0 aliphatic rings. The van der Waals surface area contributed by atoms with Gasteiger partial charge in [-0.05, 0) is 19.3 Å². The van der Waals surface area contributed by atoms with E-state index in [-0.39, 0.29) is 0 Å². The molecule has 0 atom stereocenters. The molecule has 0 aromatic carbocycles. The highest BCUT2D eigenvalue weighted by atomic mass is 14.2. The summed E-state index contributed by atoms with van der Waals surface area (Å²) >= 11 is 0. The Balaban J connectivity index is 2.99. The molecule has 0 saturated heterocycles. The molecule has 0 heterocycles. The second-order valence-electron chi connectivity index (χ2n) is 4.79. The fourth-order valence-corrected chi connectivity index (χ4v) is 1.96. The van der Waals surface area contributed by atoms with Gasteiger partial charge in [0.05, 0.1) is 6.07 Å². The third-order valence-corrected chi connectivity index (χ3v) is 3.06. The van der Waals surface area contributed by atoms with Gasteiger partial charge in [0.2, 0.25) is 0 Å². The van der Waals surface area contributed by atoms with E-state index < -0.39 is 0 Å². The van der Waals surface area contributed by atoms with E-state index >= 15 is 0 Å². The highest BCUT2D eigenvalue weighted by Gasteiger charge is 1.91. The third-order valence-electron chi connectivity index (χ3n) is 3.06. The van der Waals surface area contributed by atoms with Crippen LogP contribution in [0.15, 0.2) is 12.2 Å². The normalized spacial score (nSPS) is 10.8. The first kappa shape index (κ1) is 16.2. The Bertz CT molecular complexity index is 200. The van der Waals surface area contributed by atoms with Gasteiger partial charge in [0.1, 0.15) is 0 Å². The number of nitriles is 1. The molecule has 0 aliphatic heterocycles. The molecule has 0 aromatic rings. The lowest BCUT2D eigenvalue weighted by atomic mass is 10.1. The zero-order valence-electron chi connectivity index (χ0n) is 11.6. The zero-order valence-corrected chi connectivity index (χ0v) is 11.6. The molecular formula is C16H29N. The van der Waals surface area contributed by atoms with E-state index in [0.717, 1.165) is 6.42 Å². The van der Waals surface area contributed by atoms with Crippen molar-refractivity contribution in [3.8, 4) is 6.07 Å². The molecule has 98 valence electrons. The first-order valence-corrected chi connectivity index (χ1v) is 7.43. The van der Waals surface area contributed by atoms with E-state index in [1.807, 2.05) is 0 Å². The maximum atomic E-state index is 8.36. The van der Waals surface area contributed by atoms with Crippen molar-refractivity contribution >= 4 is 0 Å². The monoisotopic (exact) mass is 235 g/mol. The summed E-state index contributed by atoms with van der Waals surface area (Å²) in [5, 5.41) is 8.36. The smallest absolute Gasteiger partial charge is 0.0624 e. The number of nitrogens with zero attached hydrogens (tertiary/aromatic N) is 1. The minimum absolute atomic E-state index is 0.661. The van der Waals surface area contributed by atoms with Crippen LogP contribution in [0.1, 0.15) is 84.0 Å². The van der Waals surface area contributed by atoms with Crippen LogP contribution < -0.4 is 0 Å². The average molecular weight is 235 g/mol. The van der Waals surface area contributed by atoms with Crippen LogP contribution in [0, 0.1) is 11.3 Å². The van der Waals surface area contributed by atoms with Crippen LogP contribution in [-0.2, 0) is 0 Å². The summed E-state index contributed by atoms with van der Waals surface area (Å²) in [5.41, 5.74) is 0. The molecule has 0 unspecified atom stereocenters. The van der Waals surface area contributed by atoms with Gasteiger partial charge < -0.3 is 0 Å². The third kappa shape index (κ3) is 15.2. The first-order valence-electron chi connectivity index (χ1n) is 7.43. The Kier molecular flexibility index (Phi) is 14.5. The molecule has 0 rings (SSSR count). The van der Waals surface area contributed by atoms with E-state index in [1.165, 1.54) is 64.2 Å². The standard InChI is InChI=1S/C16H29N/c1-2-3-4-5-6-7-8-9-10-11-12-13-14-15-16-17/h12-13H,2-11,14-15H2,1H3. The number of rotatable bonds is 12. The molecule has 0 fully saturated rings. The maximum Gasteiger partial charge on any atom is 0.0624 e. The summed E-state index contributed by atoms with van der Waals surface area (Å²) in [7, 11) is 0. The van der Waals surface area contributed by atoms with Crippen LogP contribution in [0.3, 0.4) is 0 Å². The summed E-state index contributed by atoms with van der Waals surface area (Å²) in [6.45, 7) is 2.27. The fraction of sp³-hybridized carbons (Fsp3) is 0.812. The van der Waals surface area contributed by atoms with Crippen molar-refractivity contribution < 1.29 is 0 Å². The second-order valence-corrected chi connectivity index (χ2v) is 4.79. The lowest BCUT2D eigenvalue weighted by molar-refractivity contribution is 0.566. The highest BCUT2D eigenvalue weighted by molar-refractivity contribution is 4.85. The molecule has 0 saturated carbocycles. The molecule has 1 heteroatoms. The SMILES string of the molecule is CCCCCCCCCCCC=CCCC#N. The van der Waals surface area contributed by atoms with E-state index in [2.05, 4.69) is 25.1 Å². The predicted octanol–water partition coefficient (Wildman–Crippen LogP) is 5.77. The quantitative estimate of drug-likeness (QED) is 0.311.